The van der Waals surface area contributed by atoms with Gasteiger partial charge in [0.05, 0.1) is 19.3 Å². The van der Waals surface area contributed by atoms with Gasteiger partial charge in [-0.1, -0.05) is 17.7 Å². The average molecular weight is 411 g/mol. The molecule has 1 atom stereocenters. The molecule has 156 valence electrons. The number of benzene rings is 1. The summed E-state index contributed by atoms with van der Waals surface area (Å²) in [7, 11) is -3.47. The Morgan fingerprint density at radius 1 is 1.00 bits per heavy atom. The lowest BCUT2D eigenvalue weighted by Crippen LogP contribution is -2.50. The van der Waals surface area contributed by atoms with Gasteiger partial charge >= 0.3 is 0 Å². The number of amides is 1. The van der Waals surface area contributed by atoms with E-state index in [1.54, 1.807) is 4.31 Å². The van der Waals surface area contributed by atoms with Gasteiger partial charge in [0.1, 0.15) is 0 Å². The van der Waals surface area contributed by atoms with Gasteiger partial charge in [-0.05, 0) is 32.4 Å². The number of hydrogen-bond donors (Lipinski definition) is 1. The highest BCUT2D eigenvalue weighted by Gasteiger charge is 2.33. The first-order valence-corrected chi connectivity index (χ1v) is 11.2. The fraction of sp³-hybridized carbons (Fsp3) is 0.632. The van der Waals surface area contributed by atoms with Crippen LogP contribution in [0.5, 0.6) is 0 Å². The molecule has 2 saturated heterocycles. The molecule has 2 aliphatic heterocycles. The molecule has 8 nitrogen and oxygen atoms in total. The second-order valence-electron chi connectivity index (χ2n) is 7.34. The predicted molar refractivity (Wildman–Crippen MR) is 108 cm³/mol. The summed E-state index contributed by atoms with van der Waals surface area (Å²) >= 11 is 0. The van der Waals surface area contributed by atoms with Crippen LogP contribution in [0.25, 0.3) is 0 Å². The maximum absolute atomic E-state index is 12.9. The summed E-state index contributed by atoms with van der Waals surface area (Å²) in [5.41, 5.74) is 1.91. The van der Waals surface area contributed by atoms with Crippen LogP contribution >= 0.6 is 0 Å². The van der Waals surface area contributed by atoms with Gasteiger partial charge in [-0.2, -0.15) is 17.0 Å². The number of morpholine rings is 1. The van der Waals surface area contributed by atoms with Crippen molar-refractivity contribution in [3.8, 4) is 0 Å². The lowest BCUT2D eigenvalue weighted by molar-refractivity contribution is -0.120. The van der Waals surface area contributed by atoms with Crippen LogP contribution in [-0.4, -0.2) is 86.4 Å². The van der Waals surface area contributed by atoms with Crippen LogP contribution in [0.3, 0.4) is 0 Å². The smallest absolute Gasteiger partial charge is 0.282 e. The number of nitrogens with one attached hydrogen (secondary N) is 1. The Morgan fingerprint density at radius 2 is 1.64 bits per heavy atom. The summed E-state index contributed by atoms with van der Waals surface area (Å²) in [5, 5.41) is 2.95. The van der Waals surface area contributed by atoms with Crippen molar-refractivity contribution in [1.29, 1.82) is 0 Å². The van der Waals surface area contributed by atoms with Crippen molar-refractivity contribution in [3.05, 3.63) is 29.8 Å². The molecule has 2 aliphatic rings. The number of nitrogens with zero attached hydrogens (tertiary/aromatic N) is 3. The zero-order valence-electron chi connectivity index (χ0n) is 16.6. The highest BCUT2D eigenvalue weighted by atomic mass is 32.2. The van der Waals surface area contributed by atoms with E-state index in [2.05, 4.69) is 10.2 Å². The van der Waals surface area contributed by atoms with Gasteiger partial charge in [0.2, 0.25) is 5.91 Å². The number of carbonyl (C=O) groups excluding carboxylic acids is 1. The van der Waals surface area contributed by atoms with Gasteiger partial charge in [-0.15, -0.1) is 0 Å². The Balaban J connectivity index is 1.57. The van der Waals surface area contributed by atoms with Crippen molar-refractivity contribution < 1.29 is 17.9 Å². The molecule has 0 aliphatic carbocycles. The second kappa shape index (κ2) is 9.32. The van der Waals surface area contributed by atoms with E-state index in [1.165, 1.54) is 4.31 Å². The largest absolute Gasteiger partial charge is 0.379 e. The van der Waals surface area contributed by atoms with Crippen molar-refractivity contribution in [2.75, 3.05) is 57.8 Å². The van der Waals surface area contributed by atoms with E-state index < -0.39 is 10.2 Å². The molecule has 1 aromatic carbocycles. The third kappa shape index (κ3) is 5.09. The molecule has 1 N–H and O–H groups in total. The first-order chi connectivity index (χ1) is 13.4. The second-order valence-corrected chi connectivity index (χ2v) is 9.27. The molecule has 0 radical (unpaired) electrons. The molecule has 0 aromatic heterocycles. The van der Waals surface area contributed by atoms with Crippen LogP contribution in [0.15, 0.2) is 24.3 Å². The van der Waals surface area contributed by atoms with Gasteiger partial charge in [-0.3, -0.25) is 9.69 Å². The Bertz CT molecular complexity index is 763. The normalized spacial score (nSPS) is 21.8. The summed E-state index contributed by atoms with van der Waals surface area (Å²) in [6.07, 6.45) is 0.700. The molecule has 3 rings (SSSR count). The van der Waals surface area contributed by atoms with Gasteiger partial charge in [0.15, 0.2) is 0 Å². The third-order valence-corrected chi connectivity index (χ3v) is 7.39. The number of ether oxygens (including phenoxy) is 1. The maximum atomic E-state index is 12.9. The topological polar surface area (TPSA) is 82.2 Å². The van der Waals surface area contributed by atoms with Gasteiger partial charge in [0, 0.05) is 45.0 Å². The highest BCUT2D eigenvalue weighted by molar-refractivity contribution is 7.86. The van der Waals surface area contributed by atoms with E-state index in [0.717, 1.165) is 11.3 Å². The molecule has 2 heterocycles. The van der Waals surface area contributed by atoms with E-state index in [9.17, 15) is 13.2 Å². The molecule has 0 spiro atoms. The molecule has 2 fully saturated rings. The van der Waals surface area contributed by atoms with E-state index in [1.807, 2.05) is 38.1 Å². The van der Waals surface area contributed by atoms with Crippen molar-refractivity contribution in [1.82, 2.24) is 13.5 Å². The minimum atomic E-state index is -3.47. The summed E-state index contributed by atoms with van der Waals surface area (Å²) in [5.74, 6) is -0.0756. The van der Waals surface area contributed by atoms with Crippen molar-refractivity contribution in [2.24, 2.45) is 0 Å². The number of rotatable bonds is 5. The average Bonchev–Trinajstić information content (AvgIpc) is 2.96. The molecule has 1 aromatic rings. The summed E-state index contributed by atoms with van der Waals surface area (Å²) in [6, 6.07) is 7.37. The zero-order valence-corrected chi connectivity index (χ0v) is 17.5. The Kier molecular flexibility index (Phi) is 7.05. The molecule has 1 unspecified atom stereocenters. The highest BCUT2D eigenvalue weighted by Crippen LogP contribution is 2.16. The van der Waals surface area contributed by atoms with Crippen molar-refractivity contribution >= 4 is 21.8 Å². The summed E-state index contributed by atoms with van der Waals surface area (Å²) in [6.45, 7) is 7.65. The number of aryl methyl sites for hydroxylation is 1. The monoisotopic (exact) mass is 410 g/mol. The fourth-order valence-corrected chi connectivity index (χ4v) is 5.13. The molecule has 0 saturated carbocycles. The maximum Gasteiger partial charge on any atom is 0.282 e. The van der Waals surface area contributed by atoms with Gasteiger partial charge in [-0.25, -0.2) is 0 Å². The van der Waals surface area contributed by atoms with E-state index >= 15 is 0 Å². The van der Waals surface area contributed by atoms with Crippen LogP contribution in [0.2, 0.25) is 0 Å². The van der Waals surface area contributed by atoms with Crippen molar-refractivity contribution in [3.63, 3.8) is 0 Å². The first-order valence-electron chi connectivity index (χ1n) is 9.82. The van der Waals surface area contributed by atoms with Crippen LogP contribution in [0.4, 0.5) is 5.69 Å². The molecule has 1 amide bonds. The Hall–Kier alpha value is -1.52. The Labute approximate surface area is 167 Å². The molecular formula is C19H30N4O4S. The lowest BCUT2D eigenvalue weighted by atomic mass is 10.2. The lowest BCUT2D eigenvalue weighted by Gasteiger charge is -2.31. The molecule has 28 heavy (non-hydrogen) atoms. The van der Waals surface area contributed by atoms with Crippen LogP contribution in [0.1, 0.15) is 18.9 Å². The van der Waals surface area contributed by atoms with E-state index in [0.29, 0.717) is 58.9 Å². The van der Waals surface area contributed by atoms with Gasteiger partial charge < -0.3 is 10.1 Å². The van der Waals surface area contributed by atoms with Gasteiger partial charge in [0.25, 0.3) is 10.2 Å². The predicted octanol–water partition coefficient (Wildman–Crippen LogP) is 0.907. The number of carbonyl (C=O) groups is 1. The number of anilines is 1. The van der Waals surface area contributed by atoms with Crippen LogP contribution in [-0.2, 0) is 19.7 Å². The minimum absolute atomic E-state index is 0.0756. The standard InChI is InChI=1S/C19H30N4O4S/c1-16-4-6-18(7-5-16)20-19(24)17(2)21-8-3-9-22(11-10-21)28(25,26)23-12-14-27-15-13-23/h4-7,17H,3,8-15H2,1-2H3,(H,20,24). The molecule has 9 heteroatoms. The Morgan fingerprint density at radius 3 is 2.32 bits per heavy atom. The first kappa shape index (κ1) is 21.2. The van der Waals surface area contributed by atoms with Crippen molar-refractivity contribution in [2.45, 2.75) is 26.3 Å². The van der Waals surface area contributed by atoms with E-state index in [-0.39, 0.29) is 11.9 Å². The third-order valence-electron chi connectivity index (χ3n) is 5.36. The number of hydrogen-bond acceptors (Lipinski definition) is 5. The molecular weight excluding hydrogens is 380 g/mol. The SMILES string of the molecule is Cc1ccc(NC(=O)C(C)N2CCCN(S(=O)(=O)N3CCOCC3)CC2)cc1. The van der Waals surface area contributed by atoms with Crippen LogP contribution < -0.4 is 5.32 Å². The summed E-state index contributed by atoms with van der Waals surface area (Å²) < 4.78 is 34.0. The zero-order chi connectivity index (χ0) is 20.1. The molecule has 0 bridgehead atoms. The quantitative estimate of drug-likeness (QED) is 0.780. The van der Waals surface area contributed by atoms with Crippen LogP contribution in [0, 0.1) is 6.92 Å². The minimum Gasteiger partial charge on any atom is -0.379 e. The fourth-order valence-electron chi connectivity index (χ4n) is 3.52. The summed E-state index contributed by atoms with van der Waals surface area (Å²) in [4.78, 5) is 14.7. The van der Waals surface area contributed by atoms with E-state index in [4.69, 9.17) is 4.74 Å².